The van der Waals surface area contributed by atoms with E-state index in [1.807, 2.05) is 6.92 Å². The summed E-state index contributed by atoms with van der Waals surface area (Å²) in [6.45, 7) is 2.62. The van der Waals surface area contributed by atoms with Gasteiger partial charge in [-0.1, -0.05) is 6.92 Å². The molecule has 0 bridgehead atoms. The molecule has 1 N–H and O–H groups in total. The van der Waals surface area contributed by atoms with Gasteiger partial charge >= 0.3 is 6.20 Å². The van der Waals surface area contributed by atoms with Crippen molar-refractivity contribution in [1.82, 2.24) is 0 Å². The SMILES string of the molecule is C[C@@H](/C(O)=C/[N+]#N)[C@@H]1CCCO1. The molecule has 0 radical (unpaired) electrons. The van der Waals surface area contributed by atoms with Crippen molar-refractivity contribution in [2.75, 3.05) is 6.61 Å². The van der Waals surface area contributed by atoms with Crippen molar-refractivity contribution < 1.29 is 9.84 Å². The van der Waals surface area contributed by atoms with E-state index in [1.54, 1.807) is 0 Å². The fourth-order valence-electron chi connectivity index (χ4n) is 1.36. The number of nitrogens with zero attached hydrogens (tertiary/aromatic N) is 2. The third-order valence-electron chi connectivity index (χ3n) is 2.18. The summed E-state index contributed by atoms with van der Waals surface area (Å²) in [5.41, 5.74) is 0. The summed E-state index contributed by atoms with van der Waals surface area (Å²) in [5, 5.41) is 17.5. The number of hydrogen-bond acceptors (Lipinski definition) is 3. The van der Waals surface area contributed by atoms with E-state index in [9.17, 15) is 5.11 Å². The monoisotopic (exact) mass is 169 g/mol. The van der Waals surface area contributed by atoms with Crippen LogP contribution in [0.1, 0.15) is 19.8 Å². The van der Waals surface area contributed by atoms with Crippen LogP contribution in [0.25, 0.3) is 4.98 Å². The fourth-order valence-corrected chi connectivity index (χ4v) is 1.36. The van der Waals surface area contributed by atoms with E-state index in [2.05, 4.69) is 4.98 Å². The lowest BCUT2D eigenvalue weighted by Crippen LogP contribution is -2.18. The predicted molar refractivity (Wildman–Crippen MR) is 43.9 cm³/mol. The number of hydrogen-bond donors (Lipinski definition) is 1. The van der Waals surface area contributed by atoms with Crippen LogP contribution in [-0.2, 0) is 4.74 Å². The van der Waals surface area contributed by atoms with Gasteiger partial charge in [0, 0.05) is 12.5 Å². The molecule has 0 aromatic rings. The largest absolute Gasteiger partial charge is 0.505 e. The third-order valence-corrected chi connectivity index (χ3v) is 2.18. The summed E-state index contributed by atoms with van der Waals surface area (Å²) in [6, 6.07) is 0. The van der Waals surface area contributed by atoms with E-state index in [-0.39, 0.29) is 17.8 Å². The van der Waals surface area contributed by atoms with Gasteiger partial charge in [0.25, 0.3) is 0 Å². The topological polar surface area (TPSA) is 57.6 Å². The van der Waals surface area contributed by atoms with E-state index in [1.165, 1.54) is 0 Å². The molecule has 0 aliphatic carbocycles. The van der Waals surface area contributed by atoms with Crippen molar-refractivity contribution >= 4 is 0 Å². The van der Waals surface area contributed by atoms with Crippen molar-refractivity contribution in [2.45, 2.75) is 25.9 Å². The highest BCUT2D eigenvalue weighted by Gasteiger charge is 2.26. The molecular weight excluding hydrogens is 156 g/mol. The smallest absolute Gasteiger partial charge is 0.387 e. The zero-order valence-corrected chi connectivity index (χ0v) is 7.10. The Labute approximate surface area is 71.5 Å². The fraction of sp³-hybridized carbons (Fsp3) is 0.750. The van der Waals surface area contributed by atoms with Crippen LogP contribution in [-0.4, -0.2) is 17.8 Å². The van der Waals surface area contributed by atoms with E-state index in [4.69, 9.17) is 10.1 Å². The van der Waals surface area contributed by atoms with Gasteiger partial charge in [0.15, 0.2) is 10.7 Å². The van der Waals surface area contributed by atoms with Crippen LogP contribution in [0.3, 0.4) is 0 Å². The first kappa shape index (κ1) is 9.01. The van der Waals surface area contributed by atoms with Gasteiger partial charge in [0.1, 0.15) is 0 Å². The molecule has 4 heteroatoms. The van der Waals surface area contributed by atoms with Gasteiger partial charge in [-0.3, -0.25) is 0 Å². The number of aliphatic hydroxyl groups is 1. The molecule has 0 amide bonds. The summed E-state index contributed by atoms with van der Waals surface area (Å²) < 4.78 is 5.36. The standard InChI is InChI=1S/C8H12N2O2/c1-6(7(11)5-10-9)8-3-2-4-12-8/h5-6,8H,2-4H2,1H3/p+1/b7-5-/t6-,8-/m0/s1. The van der Waals surface area contributed by atoms with Crippen LogP contribution in [0.15, 0.2) is 12.0 Å². The van der Waals surface area contributed by atoms with Gasteiger partial charge in [-0.25, -0.2) is 0 Å². The zero-order chi connectivity index (χ0) is 8.97. The second kappa shape index (κ2) is 4.07. The quantitative estimate of drug-likeness (QED) is 0.508. The maximum atomic E-state index is 9.31. The van der Waals surface area contributed by atoms with Crippen LogP contribution in [0.2, 0.25) is 0 Å². The Kier molecular flexibility index (Phi) is 3.06. The van der Waals surface area contributed by atoms with E-state index < -0.39 is 0 Å². The normalized spacial score (nSPS) is 26.7. The molecule has 0 aromatic carbocycles. The van der Waals surface area contributed by atoms with E-state index >= 15 is 0 Å². The second-order valence-electron chi connectivity index (χ2n) is 3.01. The molecule has 0 spiro atoms. The summed E-state index contributed by atoms with van der Waals surface area (Å²) in [7, 11) is 0. The maximum absolute atomic E-state index is 9.31. The summed E-state index contributed by atoms with van der Waals surface area (Å²) in [6.07, 6.45) is 3.12. The van der Waals surface area contributed by atoms with Gasteiger partial charge in [-0.05, 0) is 12.8 Å². The number of ether oxygens (including phenoxy) is 1. The second-order valence-corrected chi connectivity index (χ2v) is 3.01. The predicted octanol–water partition coefficient (Wildman–Crippen LogP) is 2.05. The molecule has 4 nitrogen and oxygen atoms in total. The minimum atomic E-state index is -0.0802. The summed E-state index contributed by atoms with van der Waals surface area (Å²) >= 11 is 0. The average molecular weight is 169 g/mol. The van der Waals surface area contributed by atoms with Gasteiger partial charge in [0.05, 0.1) is 6.10 Å². The third kappa shape index (κ3) is 1.95. The Morgan fingerprint density at radius 3 is 3.08 bits per heavy atom. The highest BCUT2D eigenvalue weighted by atomic mass is 16.5. The van der Waals surface area contributed by atoms with Crippen molar-refractivity contribution in [3.63, 3.8) is 0 Å². The van der Waals surface area contributed by atoms with E-state index in [0.717, 1.165) is 25.6 Å². The number of rotatable bonds is 2. The van der Waals surface area contributed by atoms with Crippen LogP contribution < -0.4 is 0 Å². The average Bonchev–Trinajstić information content (AvgIpc) is 2.55. The highest BCUT2D eigenvalue weighted by Crippen LogP contribution is 2.24. The molecule has 1 aliphatic heterocycles. The Balaban J connectivity index is 2.52. The Bertz CT molecular complexity index is 214. The Hall–Kier alpha value is -1.08. The highest BCUT2D eigenvalue weighted by molar-refractivity contribution is 5.02. The van der Waals surface area contributed by atoms with Crippen LogP contribution in [0.5, 0.6) is 0 Å². The summed E-state index contributed by atoms with van der Waals surface area (Å²) in [4.78, 5) is 2.76. The molecule has 2 atom stereocenters. The van der Waals surface area contributed by atoms with E-state index in [0.29, 0.717) is 0 Å². The summed E-state index contributed by atoms with van der Waals surface area (Å²) in [5.74, 6) is -0.00667. The van der Waals surface area contributed by atoms with Crippen molar-refractivity contribution in [3.8, 4) is 0 Å². The van der Waals surface area contributed by atoms with Crippen molar-refractivity contribution in [3.05, 3.63) is 16.9 Å². The number of aliphatic hydroxyl groups excluding tert-OH is 1. The Morgan fingerprint density at radius 2 is 2.58 bits per heavy atom. The molecule has 0 unspecified atom stereocenters. The first-order valence-electron chi connectivity index (χ1n) is 4.10. The zero-order valence-electron chi connectivity index (χ0n) is 7.10. The minimum absolute atomic E-state index is 0.0722. The Morgan fingerprint density at radius 1 is 1.83 bits per heavy atom. The molecule has 1 saturated heterocycles. The lowest BCUT2D eigenvalue weighted by Gasteiger charge is -2.14. The molecule has 0 saturated carbocycles. The molecule has 1 rings (SSSR count). The van der Waals surface area contributed by atoms with Gasteiger partial charge in [-0.15, -0.1) is 0 Å². The van der Waals surface area contributed by atoms with Crippen LogP contribution in [0, 0.1) is 11.3 Å². The van der Waals surface area contributed by atoms with Crippen LogP contribution in [0.4, 0.5) is 0 Å². The lowest BCUT2D eigenvalue weighted by molar-refractivity contribution is 0.0668. The van der Waals surface area contributed by atoms with Gasteiger partial charge < -0.3 is 9.84 Å². The molecule has 1 fully saturated rings. The van der Waals surface area contributed by atoms with Gasteiger partial charge in [0.2, 0.25) is 5.39 Å². The molecule has 1 aliphatic rings. The first-order valence-corrected chi connectivity index (χ1v) is 4.10. The molecular formula is C8H13N2O2+. The minimum Gasteiger partial charge on any atom is -0.505 e. The molecule has 66 valence electrons. The van der Waals surface area contributed by atoms with Crippen molar-refractivity contribution in [2.24, 2.45) is 5.92 Å². The first-order chi connectivity index (χ1) is 5.75. The lowest BCUT2D eigenvalue weighted by atomic mass is 10.0. The molecule has 0 aromatic heterocycles. The molecule has 1 heterocycles. The van der Waals surface area contributed by atoms with Gasteiger partial charge in [-0.2, -0.15) is 0 Å². The molecule has 12 heavy (non-hydrogen) atoms. The number of diazo groups is 1. The maximum Gasteiger partial charge on any atom is 0.387 e. The van der Waals surface area contributed by atoms with Crippen LogP contribution >= 0.6 is 0 Å². The van der Waals surface area contributed by atoms with Crippen molar-refractivity contribution in [1.29, 1.82) is 5.39 Å².